The second-order valence-corrected chi connectivity index (χ2v) is 7.19. The highest BCUT2D eigenvalue weighted by molar-refractivity contribution is 5.87. The van der Waals surface area contributed by atoms with E-state index in [1.807, 2.05) is 35.9 Å². The van der Waals surface area contributed by atoms with Gasteiger partial charge in [-0.3, -0.25) is 0 Å². The third-order valence-corrected chi connectivity index (χ3v) is 5.65. The minimum absolute atomic E-state index is 0.101. The third kappa shape index (κ3) is 1.58. The third-order valence-electron chi connectivity index (χ3n) is 5.65. The number of aryl methyl sites for hydroxylation is 1. The molecule has 2 aliphatic carbocycles. The van der Waals surface area contributed by atoms with Crippen LogP contribution in [0.1, 0.15) is 65.8 Å². The molecule has 0 aliphatic heterocycles. The van der Waals surface area contributed by atoms with Gasteiger partial charge in [0.25, 0.3) is 0 Å². The van der Waals surface area contributed by atoms with Crippen LogP contribution in [0.2, 0.25) is 0 Å². The fraction of sp³-hybridized carbons (Fsp3) is 0.444. The Morgan fingerprint density at radius 3 is 2.50 bits per heavy atom. The molecule has 1 saturated carbocycles. The Bertz CT molecular complexity index is 771. The van der Waals surface area contributed by atoms with Gasteiger partial charge in [-0.05, 0) is 43.2 Å². The predicted octanol–water partition coefficient (Wildman–Crippen LogP) is 2.55. The van der Waals surface area contributed by atoms with Crippen LogP contribution in [-0.4, -0.2) is 15.7 Å². The van der Waals surface area contributed by atoms with Crippen molar-refractivity contribution in [3.05, 3.63) is 46.8 Å². The molecule has 1 heterocycles. The summed E-state index contributed by atoms with van der Waals surface area (Å²) in [7, 11) is 0. The van der Waals surface area contributed by atoms with Gasteiger partial charge in [-0.1, -0.05) is 31.5 Å². The summed E-state index contributed by atoms with van der Waals surface area (Å²) in [6.45, 7) is 6.52. The number of rotatable bonds is 2. The van der Waals surface area contributed by atoms with E-state index in [1.165, 1.54) is 5.56 Å². The molecule has 1 fully saturated rings. The van der Waals surface area contributed by atoms with E-state index in [9.17, 15) is 9.90 Å². The van der Waals surface area contributed by atoms with Gasteiger partial charge in [0.05, 0.1) is 17.4 Å². The number of aromatic nitrogens is 2. The van der Waals surface area contributed by atoms with Crippen molar-refractivity contribution < 1.29 is 9.90 Å². The fourth-order valence-corrected chi connectivity index (χ4v) is 4.48. The quantitative estimate of drug-likeness (QED) is 0.855. The van der Waals surface area contributed by atoms with E-state index < -0.39 is 5.97 Å². The molecular weight excluding hydrogens is 276 g/mol. The summed E-state index contributed by atoms with van der Waals surface area (Å²) in [5, 5.41) is 16.0. The minimum Gasteiger partial charge on any atom is -0.543 e. The summed E-state index contributed by atoms with van der Waals surface area (Å²) in [6.07, 6.45) is 2.15. The first-order valence-corrected chi connectivity index (χ1v) is 7.82. The Labute approximate surface area is 129 Å². The van der Waals surface area contributed by atoms with Crippen LogP contribution in [0.3, 0.4) is 0 Å². The summed E-state index contributed by atoms with van der Waals surface area (Å²) < 4.78 is 1.84. The van der Waals surface area contributed by atoms with Gasteiger partial charge < -0.3 is 9.90 Å². The second-order valence-electron chi connectivity index (χ2n) is 7.19. The Morgan fingerprint density at radius 2 is 1.86 bits per heavy atom. The molecule has 0 N–H and O–H groups in total. The van der Waals surface area contributed by atoms with Crippen molar-refractivity contribution in [2.24, 2.45) is 5.41 Å². The number of benzene rings is 1. The molecule has 0 saturated heterocycles. The van der Waals surface area contributed by atoms with Crippen LogP contribution in [-0.2, 0) is 0 Å². The van der Waals surface area contributed by atoms with Crippen molar-refractivity contribution in [2.75, 3.05) is 0 Å². The van der Waals surface area contributed by atoms with E-state index in [1.54, 1.807) is 0 Å². The first-order chi connectivity index (χ1) is 10.4. The molecule has 4 nitrogen and oxygen atoms in total. The lowest BCUT2D eigenvalue weighted by Gasteiger charge is -2.25. The lowest BCUT2D eigenvalue weighted by Crippen LogP contribution is -2.26. The number of carbonyl (C=O) groups is 1. The number of carboxylic acids is 1. The normalized spacial score (nSPS) is 24.5. The summed E-state index contributed by atoms with van der Waals surface area (Å²) in [6, 6.07) is 8.06. The minimum atomic E-state index is -1.16. The first-order valence-electron chi connectivity index (χ1n) is 7.82. The van der Waals surface area contributed by atoms with Gasteiger partial charge in [-0.25, -0.2) is 4.68 Å². The zero-order valence-corrected chi connectivity index (χ0v) is 13.1. The Morgan fingerprint density at radius 1 is 1.23 bits per heavy atom. The number of fused-ring (bicyclic) bond motifs is 5. The highest BCUT2D eigenvalue weighted by atomic mass is 16.4. The van der Waals surface area contributed by atoms with Crippen molar-refractivity contribution >= 4 is 5.97 Å². The van der Waals surface area contributed by atoms with Crippen LogP contribution in [0.4, 0.5) is 0 Å². The van der Waals surface area contributed by atoms with Crippen LogP contribution in [0.25, 0.3) is 5.69 Å². The topological polar surface area (TPSA) is 58.0 Å². The van der Waals surface area contributed by atoms with Crippen molar-refractivity contribution in [1.82, 2.24) is 9.78 Å². The summed E-state index contributed by atoms with van der Waals surface area (Å²) in [4.78, 5) is 11.6. The fourth-order valence-electron chi connectivity index (χ4n) is 4.48. The number of carboxylic acid groups (broad SMARTS) is 1. The molecule has 1 aromatic carbocycles. The molecule has 2 aliphatic rings. The average molecular weight is 295 g/mol. The first kappa shape index (κ1) is 13.6. The van der Waals surface area contributed by atoms with Crippen LogP contribution in [0.5, 0.6) is 0 Å². The van der Waals surface area contributed by atoms with E-state index in [-0.39, 0.29) is 17.0 Å². The Kier molecular flexibility index (Phi) is 2.60. The van der Waals surface area contributed by atoms with Crippen molar-refractivity contribution in [3.63, 3.8) is 0 Å². The molecule has 2 aromatic rings. The highest BCUT2D eigenvalue weighted by Crippen LogP contribution is 2.65. The molecule has 22 heavy (non-hydrogen) atoms. The number of hydrogen-bond donors (Lipinski definition) is 0. The van der Waals surface area contributed by atoms with Crippen molar-refractivity contribution in [3.8, 4) is 5.69 Å². The average Bonchev–Trinajstić information content (AvgIpc) is 3.05. The van der Waals surface area contributed by atoms with Crippen molar-refractivity contribution in [2.45, 2.75) is 45.4 Å². The summed E-state index contributed by atoms with van der Waals surface area (Å²) in [5.41, 5.74) is 4.35. The molecule has 0 radical (unpaired) electrons. The molecule has 2 bridgehead atoms. The zero-order valence-electron chi connectivity index (χ0n) is 13.1. The van der Waals surface area contributed by atoms with Crippen LogP contribution in [0, 0.1) is 12.3 Å². The monoisotopic (exact) mass is 295 g/mol. The van der Waals surface area contributed by atoms with Crippen LogP contribution >= 0.6 is 0 Å². The number of nitrogens with zero attached hydrogens (tertiary/aromatic N) is 2. The molecule has 4 heteroatoms. The van der Waals surface area contributed by atoms with Gasteiger partial charge >= 0.3 is 0 Å². The van der Waals surface area contributed by atoms with E-state index in [4.69, 9.17) is 0 Å². The predicted molar refractivity (Wildman–Crippen MR) is 81.1 cm³/mol. The molecule has 1 aromatic heterocycles. The molecule has 0 unspecified atom stereocenters. The number of hydrogen-bond acceptors (Lipinski definition) is 3. The van der Waals surface area contributed by atoms with Crippen molar-refractivity contribution in [1.29, 1.82) is 0 Å². The lowest BCUT2D eigenvalue weighted by molar-refractivity contribution is -0.255. The number of carbonyl (C=O) groups excluding carboxylic acids is 1. The van der Waals surface area contributed by atoms with Gasteiger partial charge in [-0.15, -0.1) is 0 Å². The maximum atomic E-state index is 11.6. The molecule has 2 atom stereocenters. The van der Waals surface area contributed by atoms with Gasteiger partial charge in [0.2, 0.25) is 0 Å². The molecule has 4 rings (SSSR count). The SMILES string of the molecule is Cc1ccc(-n2nc(C(=O)[O-])c3c2[C@@H]2CC[C@H]3C2(C)C)cc1. The maximum absolute atomic E-state index is 11.6. The highest BCUT2D eigenvalue weighted by Gasteiger charge is 2.55. The van der Waals surface area contributed by atoms with E-state index in [2.05, 4.69) is 18.9 Å². The standard InChI is InChI=1S/C18H20N2O2/c1-10-4-6-11(7-5-10)20-16-13-9-8-12(18(13,2)3)14(16)15(19-20)17(21)22/h4-7,12-13H,8-9H2,1-3H3,(H,21,22)/p-1/t12-,13+/m1/s1. The largest absolute Gasteiger partial charge is 0.543 e. The molecule has 114 valence electrons. The Balaban J connectivity index is 1.96. The molecule has 0 amide bonds. The molecule has 0 spiro atoms. The molecular formula is C18H19N2O2-. The van der Waals surface area contributed by atoms with Gasteiger partial charge in [0.15, 0.2) is 0 Å². The maximum Gasteiger partial charge on any atom is 0.112 e. The zero-order chi connectivity index (χ0) is 15.6. The number of aromatic carboxylic acids is 1. The van der Waals surface area contributed by atoms with E-state index in [0.717, 1.165) is 29.8 Å². The van der Waals surface area contributed by atoms with Crippen LogP contribution in [0.15, 0.2) is 24.3 Å². The Hall–Kier alpha value is -2.10. The van der Waals surface area contributed by atoms with Gasteiger partial charge in [0.1, 0.15) is 5.69 Å². The smallest absolute Gasteiger partial charge is 0.112 e. The van der Waals surface area contributed by atoms with Crippen LogP contribution < -0.4 is 5.11 Å². The van der Waals surface area contributed by atoms with E-state index in [0.29, 0.717) is 5.92 Å². The van der Waals surface area contributed by atoms with Gasteiger partial charge in [0, 0.05) is 11.5 Å². The van der Waals surface area contributed by atoms with Gasteiger partial charge in [-0.2, -0.15) is 5.10 Å². The second kappa shape index (κ2) is 4.22. The van der Waals surface area contributed by atoms with E-state index >= 15 is 0 Å². The summed E-state index contributed by atoms with van der Waals surface area (Å²) >= 11 is 0. The lowest BCUT2D eigenvalue weighted by atomic mass is 9.80. The summed E-state index contributed by atoms with van der Waals surface area (Å²) in [5.74, 6) is -0.514.